The number of anilines is 2. The first-order chi connectivity index (χ1) is 7.63. The fourth-order valence-corrected chi connectivity index (χ4v) is 2.27. The first-order valence-electron chi connectivity index (χ1n) is 3.93. The van der Waals surface area contributed by atoms with E-state index in [1.807, 2.05) is 0 Å². The topological polar surface area (TPSA) is 66.9 Å². The van der Waals surface area contributed by atoms with Gasteiger partial charge in [-0.3, -0.25) is 10.6 Å². The lowest BCUT2D eigenvalue weighted by Gasteiger charge is -2.01. The summed E-state index contributed by atoms with van der Waals surface area (Å²) in [5.74, 6) is 0.794. The van der Waals surface area contributed by atoms with Crippen LogP contribution in [0.2, 0.25) is 8.93 Å². The van der Waals surface area contributed by atoms with Gasteiger partial charge in [0.2, 0.25) is 0 Å². The van der Waals surface area contributed by atoms with Crippen LogP contribution in [0.4, 0.5) is 16.4 Å². The van der Waals surface area contributed by atoms with Crippen molar-refractivity contribution >= 4 is 63.5 Å². The van der Waals surface area contributed by atoms with Crippen LogP contribution in [0, 0.1) is 0 Å². The molecular formula is C7H4Cl2N4OS2. The smallest absolute Gasteiger partial charge is 0.291 e. The summed E-state index contributed by atoms with van der Waals surface area (Å²) in [6, 6.07) is -0.441. The second-order valence-corrected chi connectivity index (χ2v) is 5.43. The number of hydrogen-bond acceptors (Lipinski definition) is 5. The summed E-state index contributed by atoms with van der Waals surface area (Å²) >= 11 is 13.7. The lowest BCUT2D eigenvalue weighted by molar-refractivity contribution is 0.262. The number of aromatic nitrogens is 2. The Labute approximate surface area is 108 Å². The zero-order chi connectivity index (χ0) is 11.5. The van der Waals surface area contributed by atoms with Crippen molar-refractivity contribution in [2.24, 2.45) is 0 Å². The van der Waals surface area contributed by atoms with Crippen LogP contribution in [0.5, 0.6) is 0 Å². The van der Waals surface area contributed by atoms with Crippen LogP contribution < -0.4 is 10.6 Å². The summed E-state index contributed by atoms with van der Waals surface area (Å²) in [5, 5.41) is 8.28. The van der Waals surface area contributed by atoms with Gasteiger partial charge in [0.25, 0.3) is 0 Å². The molecule has 84 valence electrons. The van der Waals surface area contributed by atoms with Crippen molar-refractivity contribution < 1.29 is 4.79 Å². The molecule has 0 unspecified atom stereocenters. The van der Waals surface area contributed by atoms with Crippen molar-refractivity contribution in [3.05, 3.63) is 19.7 Å². The van der Waals surface area contributed by atoms with Gasteiger partial charge in [-0.25, -0.2) is 14.8 Å². The fraction of sp³-hybridized carbons (Fsp3) is 0. The number of nitrogens with one attached hydrogen (secondary N) is 2. The lowest BCUT2D eigenvalue weighted by atomic mass is 10.7. The molecule has 2 amide bonds. The van der Waals surface area contributed by atoms with Gasteiger partial charge < -0.3 is 0 Å². The molecule has 0 atom stereocenters. The van der Waals surface area contributed by atoms with Crippen LogP contribution in [-0.4, -0.2) is 16.0 Å². The zero-order valence-corrected chi connectivity index (χ0v) is 10.7. The SMILES string of the molecule is O=C(Nc1csc(Cl)n1)Nc1csc(Cl)n1. The van der Waals surface area contributed by atoms with Crippen molar-refractivity contribution in [3.8, 4) is 0 Å². The molecule has 9 heteroatoms. The molecule has 0 aliphatic carbocycles. The van der Waals surface area contributed by atoms with Crippen molar-refractivity contribution in [2.45, 2.75) is 0 Å². The third-order valence-electron chi connectivity index (χ3n) is 1.44. The molecule has 5 nitrogen and oxygen atoms in total. The monoisotopic (exact) mass is 294 g/mol. The fourth-order valence-electron chi connectivity index (χ4n) is 0.882. The molecular weight excluding hydrogens is 291 g/mol. The molecule has 0 radical (unpaired) electrons. The third kappa shape index (κ3) is 3.05. The first-order valence-corrected chi connectivity index (χ1v) is 6.45. The van der Waals surface area contributed by atoms with E-state index in [0.717, 1.165) is 0 Å². The maximum atomic E-state index is 11.4. The molecule has 0 saturated heterocycles. The molecule has 0 fully saturated rings. The van der Waals surface area contributed by atoms with Gasteiger partial charge in [0.05, 0.1) is 0 Å². The average Bonchev–Trinajstić information content (AvgIpc) is 2.76. The molecule has 2 N–H and O–H groups in total. The second-order valence-electron chi connectivity index (χ2n) is 2.55. The minimum Gasteiger partial charge on any atom is -0.291 e. The van der Waals surface area contributed by atoms with Gasteiger partial charge in [0.15, 0.2) is 8.93 Å². The average molecular weight is 295 g/mol. The van der Waals surface area contributed by atoms with Crippen LogP contribution in [0.3, 0.4) is 0 Å². The van der Waals surface area contributed by atoms with Crippen molar-refractivity contribution in [1.82, 2.24) is 9.97 Å². The van der Waals surface area contributed by atoms with Crippen LogP contribution in [0.25, 0.3) is 0 Å². The largest absolute Gasteiger partial charge is 0.326 e. The van der Waals surface area contributed by atoms with Gasteiger partial charge in [-0.05, 0) is 0 Å². The van der Waals surface area contributed by atoms with Crippen LogP contribution in [0.15, 0.2) is 10.8 Å². The molecule has 0 aliphatic heterocycles. The Kier molecular flexibility index (Phi) is 3.59. The minimum absolute atomic E-state index is 0.368. The predicted octanol–water partition coefficient (Wildman–Crippen LogP) is 3.55. The van der Waals surface area contributed by atoms with E-state index in [0.29, 0.717) is 20.6 Å². The van der Waals surface area contributed by atoms with Crippen molar-refractivity contribution in [2.75, 3.05) is 10.6 Å². The summed E-state index contributed by atoms with van der Waals surface area (Å²) in [5.41, 5.74) is 0. The van der Waals surface area contributed by atoms with Crippen LogP contribution >= 0.6 is 45.9 Å². The number of urea groups is 1. The van der Waals surface area contributed by atoms with Gasteiger partial charge in [-0.1, -0.05) is 23.2 Å². The Morgan fingerprint density at radius 1 is 1.06 bits per heavy atom. The number of nitrogens with zero attached hydrogens (tertiary/aromatic N) is 2. The number of rotatable bonds is 2. The Bertz CT molecular complexity index is 468. The Hall–Kier alpha value is -0.890. The molecule has 2 rings (SSSR count). The van der Waals surface area contributed by atoms with E-state index in [1.165, 1.54) is 22.7 Å². The lowest BCUT2D eigenvalue weighted by Crippen LogP contribution is -2.19. The van der Waals surface area contributed by atoms with Gasteiger partial charge in [0.1, 0.15) is 11.6 Å². The molecule has 2 aromatic rings. The maximum Gasteiger partial charge on any atom is 0.326 e. The van der Waals surface area contributed by atoms with E-state index < -0.39 is 6.03 Å². The van der Waals surface area contributed by atoms with E-state index in [4.69, 9.17) is 23.2 Å². The summed E-state index contributed by atoms with van der Waals surface area (Å²) in [6.07, 6.45) is 0. The maximum absolute atomic E-state index is 11.4. The standard InChI is InChI=1S/C7H4Cl2N4OS2/c8-5-10-3(1-15-5)12-7(14)13-4-2-16-6(9)11-4/h1-2H,(H2,12,13,14). The molecule has 2 aromatic heterocycles. The van der Waals surface area contributed by atoms with E-state index in [1.54, 1.807) is 10.8 Å². The third-order valence-corrected chi connectivity index (χ3v) is 3.39. The summed E-state index contributed by atoms with van der Waals surface area (Å²) in [7, 11) is 0. The Balaban J connectivity index is 1.94. The van der Waals surface area contributed by atoms with Gasteiger partial charge in [0, 0.05) is 10.8 Å². The highest BCUT2D eigenvalue weighted by Gasteiger charge is 2.07. The molecule has 0 bridgehead atoms. The van der Waals surface area contributed by atoms with Crippen molar-refractivity contribution in [3.63, 3.8) is 0 Å². The molecule has 2 heterocycles. The highest BCUT2D eigenvalue weighted by molar-refractivity contribution is 7.14. The molecule has 0 aliphatic rings. The Morgan fingerprint density at radius 3 is 1.81 bits per heavy atom. The van der Waals surface area contributed by atoms with Gasteiger partial charge in [-0.2, -0.15) is 0 Å². The quantitative estimate of drug-likeness (QED) is 0.890. The summed E-state index contributed by atoms with van der Waals surface area (Å²) in [4.78, 5) is 19.2. The predicted molar refractivity (Wildman–Crippen MR) is 66.9 cm³/mol. The summed E-state index contributed by atoms with van der Waals surface area (Å²) < 4.78 is 0.735. The van der Waals surface area contributed by atoms with E-state index in [-0.39, 0.29) is 0 Å². The number of hydrogen-bond donors (Lipinski definition) is 2. The van der Waals surface area contributed by atoms with E-state index in [2.05, 4.69) is 20.6 Å². The van der Waals surface area contributed by atoms with Crippen LogP contribution in [-0.2, 0) is 0 Å². The van der Waals surface area contributed by atoms with E-state index in [9.17, 15) is 4.79 Å². The van der Waals surface area contributed by atoms with Crippen molar-refractivity contribution in [1.29, 1.82) is 0 Å². The molecule has 16 heavy (non-hydrogen) atoms. The van der Waals surface area contributed by atoms with Crippen LogP contribution in [0.1, 0.15) is 0 Å². The normalized spacial score (nSPS) is 10.1. The van der Waals surface area contributed by atoms with Gasteiger partial charge >= 0.3 is 6.03 Å². The highest BCUT2D eigenvalue weighted by Crippen LogP contribution is 2.20. The second kappa shape index (κ2) is 4.96. The highest BCUT2D eigenvalue weighted by atomic mass is 35.5. The van der Waals surface area contributed by atoms with E-state index >= 15 is 0 Å². The number of halogens is 2. The minimum atomic E-state index is -0.441. The first kappa shape index (κ1) is 11.6. The number of amides is 2. The van der Waals surface area contributed by atoms with Gasteiger partial charge in [-0.15, -0.1) is 22.7 Å². The number of carbonyl (C=O) groups excluding carboxylic acids is 1. The summed E-state index contributed by atoms with van der Waals surface area (Å²) in [6.45, 7) is 0. The number of carbonyl (C=O) groups is 1. The molecule has 0 saturated carbocycles. The number of thiazole rings is 2. The molecule has 0 spiro atoms. The molecule has 0 aromatic carbocycles. The Morgan fingerprint density at radius 2 is 1.50 bits per heavy atom. The zero-order valence-electron chi connectivity index (χ0n) is 7.53.